The molecule has 0 saturated carbocycles. The topological polar surface area (TPSA) is 71.2 Å². The van der Waals surface area contributed by atoms with Crippen molar-refractivity contribution in [3.05, 3.63) is 71.8 Å². The molecule has 164 valence electrons. The van der Waals surface area contributed by atoms with Crippen LogP contribution in [0.3, 0.4) is 0 Å². The Labute approximate surface area is 181 Å². The lowest BCUT2D eigenvalue weighted by molar-refractivity contribution is -0.216. The molecule has 31 heavy (non-hydrogen) atoms. The summed E-state index contributed by atoms with van der Waals surface area (Å²) in [5, 5.41) is 0. The van der Waals surface area contributed by atoms with Crippen molar-refractivity contribution in [1.29, 1.82) is 0 Å². The van der Waals surface area contributed by atoms with E-state index in [1.54, 1.807) is 0 Å². The molecule has 0 unspecified atom stereocenters. The van der Waals surface area contributed by atoms with Gasteiger partial charge in [-0.15, -0.1) is 0 Å². The van der Waals surface area contributed by atoms with Gasteiger partial charge < -0.3 is 33.2 Å². The Morgan fingerprint density at radius 2 is 1.06 bits per heavy atom. The lowest BCUT2D eigenvalue weighted by Crippen LogP contribution is -2.46. The van der Waals surface area contributed by atoms with Crippen LogP contribution in [0.1, 0.15) is 11.1 Å². The quantitative estimate of drug-likeness (QED) is 0.601. The summed E-state index contributed by atoms with van der Waals surface area (Å²) in [6, 6.07) is 20.1. The van der Waals surface area contributed by atoms with Crippen molar-refractivity contribution >= 4 is 0 Å². The van der Waals surface area contributed by atoms with E-state index in [9.17, 15) is 0 Å². The van der Waals surface area contributed by atoms with Crippen LogP contribution in [0.25, 0.3) is 0 Å². The number of ether oxygens (including phenoxy) is 7. The Kier molecular flexibility index (Phi) is 5.49. The highest BCUT2D eigenvalue weighted by Gasteiger charge is 2.60. The molecule has 0 radical (unpaired) electrons. The minimum absolute atomic E-state index is 0.00113. The molecule has 2 aromatic carbocycles. The highest BCUT2D eigenvalue weighted by molar-refractivity contribution is 5.14. The van der Waals surface area contributed by atoms with Gasteiger partial charge in [-0.1, -0.05) is 60.7 Å². The van der Waals surface area contributed by atoms with E-state index < -0.39 is 0 Å². The first-order valence-electron chi connectivity index (χ1n) is 10.9. The van der Waals surface area contributed by atoms with Gasteiger partial charge in [0.1, 0.15) is 36.6 Å². The predicted octanol–water partition coefficient (Wildman–Crippen LogP) is 2.42. The molecule has 0 amide bonds. The molecule has 8 atom stereocenters. The third-order valence-electron chi connectivity index (χ3n) is 6.11. The monoisotopic (exact) mass is 426 g/mol. The zero-order valence-corrected chi connectivity index (χ0v) is 17.1. The maximum absolute atomic E-state index is 6.25. The third kappa shape index (κ3) is 4.40. The first-order chi connectivity index (χ1) is 15.3. The van der Waals surface area contributed by atoms with Crippen molar-refractivity contribution in [2.45, 2.75) is 62.4 Å². The average Bonchev–Trinajstić information content (AvgIpc) is 3.73. The number of hydrogen-bond acceptors (Lipinski definition) is 7. The molecule has 4 heterocycles. The molecule has 4 fully saturated rings. The molecule has 7 nitrogen and oxygen atoms in total. The summed E-state index contributed by atoms with van der Waals surface area (Å²) in [7, 11) is 0. The molecule has 0 bridgehead atoms. The van der Waals surface area contributed by atoms with Crippen molar-refractivity contribution in [2.24, 2.45) is 0 Å². The maximum Gasteiger partial charge on any atom is 0.186 e. The molecular weight excluding hydrogens is 400 g/mol. The summed E-state index contributed by atoms with van der Waals surface area (Å²) in [5.74, 6) is 0. The molecular formula is C24H26O7. The third-order valence-corrected chi connectivity index (χ3v) is 6.11. The van der Waals surface area contributed by atoms with Gasteiger partial charge in [0.25, 0.3) is 0 Å². The average molecular weight is 426 g/mol. The van der Waals surface area contributed by atoms with Crippen molar-refractivity contribution in [3.63, 3.8) is 0 Å². The summed E-state index contributed by atoms with van der Waals surface area (Å²) >= 11 is 0. The van der Waals surface area contributed by atoms with Crippen molar-refractivity contribution in [2.75, 3.05) is 13.2 Å². The molecule has 4 aliphatic heterocycles. The summed E-state index contributed by atoms with van der Waals surface area (Å²) < 4.78 is 41.4. The molecule has 2 aromatic rings. The molecule has 0 spiro atoms. The molecule has 7 heteroatoms. The van der Waals surface area contributed by atoms with E-state index in [0.29, 0.717) is 26.4 Å². The predicted molar refractivity (Wildman–Crippen MR) is 108 cm³/mol. The molecule has 0 N–H and O–H groups in total. The van der Waals surface area contributed by atoms with E-state index in [-0.39, 0.29) is 49.2 Å². The van der Waals surface area contributed by atoms with Crippen LogP contribution in [-0.2, 0) is 46.4 Å². The van der Waals surface area contributed by atoms with Crippen LogP contribution in [-0.4, -0.2) is 62.4 Å². The minimum atomic E-state index is -0.353. The molecule has 4 aliphatic rings. The van der Waals surface area contributed by atoms with Gasteiger partial charge >= 0.3 is 0 Å². The Balaban J connectivity index is 0.951. The van der Waals surface area contributed by atoms with E-state index >= 15 is 0 Å². The second kappa shape index (κ2) is 8.60. The fourth-order valence-corrected chi connectivity index (χ4v) is 4.32. The standard InChI is InChI=1S/C24H26O7/c1-3-7-15(8-4-1)11-25-23-21-19(30-21)17(13-27-23)29-18-14-28-24(22-20(18)31-22)26-12-16-9-5-2-6-10-16/h1-10,17-24H,11-14H2/t17-,18-,19-,20+,21-,22+,23+,24+/m1/s1. The van der Waals surface area contributed by atoms with Gasteiger partial charge in [-0.25, -0.2) is 0 Å². The molecule has 6 rings (SSSR count). The van der Waals surface area contributed by atoms with Crippen LogP contribution < -0.4 is 0 Å². The lowest BCUT2D eigenvalue weighted by Gasteiger charge is -2.31. The Morgan fingerprint density at radius 1 is 0.613 bits per heavy atom. The normalized spacial score (nSPS) is 38.2. The zero-order chi connectivity index (χ0) is 20.6. The number of hydrogen-bond donors (Lipinski definition) is 0. The van der Waals surface area contributed by atoms with Crippen molar-refractivity contribution in [3.8, 4) is 0 Å². The van der Waals surface area contributed by atoms with Crippen LogP contribution in [0.4, 0.5) is 0 Å². The summed E-state index contributed by atoms with van der Waals surface area (Å²) in [5.41, 5.74) is 2.23. The highest BCUT2D eigenvalue weighted by atomic mass is 16.8. The maximum atomic E-state index is 6.25. The highest BCUT2D eigenvalue weighted by Crippen LogP contribution is 2.41. The van der Waals surface area contributed by atoms with Gasteiger partial charge in [-0.2, -0.15) is 0 Å². The van der Waals surface area contributed by atoms with E-state index in [4.69, 9.17) is 33.2 Å². The Morgan fingerprint density at radius 3 is 1.52 bits per heavy atom. The van der Waals surface area contributed by atoms with Gasteiger partial charge in [-0.05, 0) is 11.1 Å². The van der Waals surface area contributed by atoms with Crippen molar-refractivity contribution in [1.82, 2.24) is 0 Å². The van der Waals surface area contributed by atoms with E-state index in [2.05, 4.69) is 0 Å². The first-order valence-corrected chi connectivity index (χ1v) is 10.9. The molecule has 0 aromatic heterocycles. The Hall–Kier alpha value is -1.84. The Bertz CT molecular complexity index is 791. The van der Waals surface area contributed by atoms with Gasteiger partial charge in [0.2, 0.25) is 0 Å². The van der Waals surface area contributed by atoms with Crippen LogP contribution >= 0.6 is 0 Å². The number of epoxide rings is 2. The van der Waals surface area contributed by atoms with Crippen LogP contribution in [0.2, 0.25) is 0 Å². The van der Waals surface area contributed by atoms with Gasteiger partial charge in [0.15, 0.2) is 12.6 Å². The van der Waals surface area contributed by atoms with E-state index in [1.165, 1.54) is 0 Å². The molecule has 4 saturated heterocycles. The smallest absolute Gasteiger partial charge is 0.186 e. The first kappa shape index (κ1) is 19.8. The van der Waals surface area contributed by atoms with Crippen LogP contribution in [0.5, 0.6) is 0 Å². The fourth-order valence-electron chi connectivity index (χ4n) is 4.32. The van der Waals surface area contributed by atoms with Gasteiger partial charge in [0, 0.05) is 0 Å². The summed E-state index contributed by atoms with van der Waals surface area (Å²) in [6.45, 7) is 1.87. The second-order valence-corrected chi connectivity index (χ2v) is 8.34. The second-order valence-electron chi connectivity index (χ2n) is 8.34. The van der Waals surface area contributed by atoms with Crippen molar-refractivity contribution < 1.29 is 33.2 Å². The fraction of sp³-hybridized carbons (Fsp3) is 0.500. The minimum Gasteiger partial charge on any atom is -0.365 e. The zero-order valence-electron chi connectivity index (χ0n) is 17.1. The number of rotatable bonds is 8. The van der Waals surface area contributed by atoms with E-state index in [1.807, 2.05) is 60.7 Å². The number of fused-ring (bicyclic) bond motifs is 2. The SMILES string of the molecule is c1ccc(CO[C@H]2OC[C@@H](O[C@@H]3CO[C@H](OCc4ccccc4)[C@@H]4O[C@@H]43)[C@@H]3O[C@H]23)cc1. The van der Waals surface area contributed by atoms with Crippen LogP contribution in [0, 0.1) is 0 Å². The molecule has 0 aliphatic carbocycles. The largest absolute Gasteiger partial charge is 0.365 e. The lowest BCUT2D eigenvalue weighted by atomic mass is 10.1. The summed E-state index contributed by atoms with van der Waals surface area (Å²) in [6.07, 6.45) is -1.14. The number of benzene rings is 2. The van der Waals surface area contributed by atoms with Crippen LogP contribution in [0.15, 0.2) is 60.7 Å². The summed E-state index contributed by atoms with van der Waals surface area (Å²) in [4.78, 5) is 0. The van der Waals surface area contributed by atoms with Gasteiger partial charge in [-0.3, -0.25) is 0 Å². The van der Waals surface area contributed by atoms with E-state index in [0.717, 1.165) is 11.1 Å². The van der Waals surface area contributed by atoms with Gasteiger partial charge in [0.05, 0.1) is 26.4 Å².